The zero-order valence-corrected chi connectivity index (χ0v) is 11.4. The predicted octanol–water partition coefficient (Wildman–Crippen LogP) is 0.899. The van der Waals surface area contributed by atoms with Gasteiger partial charge in [-0.05, 0) is 26.6 Å². The van der Waals surface area contributed by atoms with Crippen molar-refractivity contribution in [3.05, 3.63) is 12.3 Å². The second-order valence-electron chi connectivity index (χ2n) is 4.27. The lowest BCUT2D eigenvalue weighted by Crippen LogP contribution is -2.21. The van der Waals surface area contributed by atoms with Crippen LogP contribution < -0.4 is 10.6 Å². The van der Waals surface area contributed by atoms with Gasteiger partial charge in [-0.2, -0.15) is 4.98 Å². The zero-order chi connectivity index (χ0) is 13.2. The molecule has 6 heteroatoms. The molecular formula is C12H23N5O. The molecule has 0 spiro atoms. The highest BCUT2D eigenvalue weighted by atomic mass is 16.5. The number of methoxy groups -OCH3 is 1. The van der Waals surface area contributed by atoms with E-state index in [0.29, 0.717) is 5.95 Å². The maximum absolute atomic E-state index is 4.99. The first-order valence-electron chi connectivity index (χ1n) is 6.17. The van der Waals surface area contributed by atoms with Crippen LogP contribution >= 0.6 is 0 Å². The van der Waals surface area contributed by atoms with Crippen LogP contribution in [-0.4, -0.2) is 62.3 Å². The zero-order valence-electron chi connectivity index (χ0n) is 11.4. The molecule has 102 valence electrons. The maximum atomic E-state index is 4.99. The molecule has 1 heterocycles. The molecule has 0 aliphatic heterocycles. The van der Waals surface area contributed by atoms with Crippen molar-refractivity contribution in [1.29, 1.82) is 0 Å². The Bertz CT molecular complexity index is 332. The van der Waals surface area contributed by atoms with E-state index < -0.39 is 0 Å². The first-order chi connectivity index (χ1) is 8.72. The van der Waals surface area contributed by atoms with Crippen molar-refractivity contribution in [2.45, 2.75) is 6.42 Å². The molecule has 18 heavy (non-hydrogen) atoms. The summed E-state index contributed by atoms with van der Waals surface area (Å²) in [4.78, 5) is 10.7. The number of hydrogen-bond acceptors (Lipinski definition) is 6. The molecule has 0 aliphatic carbocycles. The molecule has 0 saturated carbocycles. The summed E-state index contributed by atoms with van der Waals surface area (Å²) in [5.74, 6) is 1.50. The van der Waals surface area contributed by atoms with Gasteiger partial charge in [0.25, 0.3) is 0 Å². The quantitative estimate of drug-likeness (QED) is 0.638. The fourth-order valence-electron chi connectivity index (χ4n) is 1.37. The van der Waals surface area contributed by atoms with Crippen LogP contribution in [0.1, 0.15) is 6.42 Å². The monoisotopic (exact) mass is 253 g/mol. The minimum atomic E-state index is 0.661. The van der Waals surface area contributed by atoms with Gasteiger partial charge in [0.15, 0.2) is 0 Å². The SMILES string of the molecule is COCCCNc1ccnc(NCCN(C)C)n1. The van der Waals surface area contributed by atoms with Gasteiger partial charge in [-0.25, -0.2) is 4.98 Å². The van der Waals surface area contributed by atoms with Crippen molar-refractivity contribution in [2.75, 3.05) is 58.1 Å². The van der Waals surface area contributed by atoms with Gasteiger partial charge in [-0.15, -0.1) is 0 Å². The lowest BCUT2D eigenvalue weighted by molar-refractivity contribution is 0.198. The van der Waals surface area contributed by atoms with Gasteiger partial charge in [0.05, 0.1) is 0 Å². The largest absolute Gasteiger partial charge is 0.385 e. The fraction of sp³-hybridized carbons (Fsp3) is 0.667. The fourth-order valence-corrected chi connectivity index (χ4v) is 1.37. The summed E-state index contributed by atoms with van der Waals surface area (Å²) in [6.45, 7) is 3.39. The van der Waals surface area contributed by atoms with Crippen molar-refractivity contribution in [3.63, 3.8) is 0 Å². The van der Waals surface area contributed by atoms with E-state index in [4.69, 9.17) is 4.74 Å². The lowest BCUT2D eigenvalue weighted by Gasteiger charge is -2.11. The van der Waals surface area contributed by atoms with E-state index >= 15 is 0 Å². The second kappa shape index (κ2) is 8.66. The molecule has 0 fully saturated rings. The van der Waals surface area contributed by atoms with Crippen molar-refractivity contribution < 1.29 is 4.74 Å². The smallest absolute Gasteiger partial charge is 0.224 e. The average Bonchev–Trinajstić information content (AvgIpc) is 2.35. The number of rotatable bonds is 9. The number of hydrogen-bond donors (Lipinski definition) is 2. The van der Waals surface area contributed by atoms with Crippen molar-refractivity contribution in [1.82, 2.24) is 14.9 Å². The van der Waals surface area contributed by atoms with Crippen LogP contribution in [0.2, 0.25) is 0 Å². The second-order valence-corrected chi connectivity index (χ2v) is 4.27. The molecule has 0 amide bonds. The normalized spacial score (nSPS) is 10.7. The molecule has 1 aromatic heterocycles. The summed E-state index contributed by atoms with van der Waals surface area (Å²) >= 11 is 0. The van der Waals surface area contributed by atoms with E-state index in [1.807, 2.05) is 20.2 Å². The predicted molar refractivity (Wildman–Crippen MR) is 74.1 cm³/mol. The summed E-state index contributed by atoms with van der Waals surface area (Å²) < 4.78 is 4.99. The van der Waals surface area contributed by atoms with Crippen LogP contribution in [0.25, 0.3) is 0 Å². The highest BCUT2D eigenvalue weighted by molar-refractivity contribution is 5.39. The molecule has 0 atom stereocenters. The number of ether oxygens (including phenoxy) is 1. The third-order valence-corrected chi connectivity index (χ3v) is 2.33. The van der Waals surface area contributed by atoms with Crippen LogP contribution in [0.4, 0.5) is 11.8 Å². The third kappa shape index (κ3) is 6.36. The molecule has 0 unspecified atom stereocenters. The van der Waals surface area contributed by atoms with Gasteiger partial charge >= 0.3 is 0 Å². The summed E-state index contributed by atoms with van der Waals surface area (Å²) in [6.07, 6.45) is 2.72. The van der Waals surface area contributed by atoms with Gasteiger partial charge in [0, 0.05) is 39.5 Å². The third-order valence-electron chi connectivity index (χ3n) is 2.33. The number of likely N-dealkylation sites (N-methyl/N-ethyl adjacent to an activating group) is 1. The van der Waals surface area contributed by atoms with E-state index in [2.05, 4.69) is 25.5 Å². The van der Waals surface area contributed by atoms with Crippen LogP contribution in [0.15, 0.2) is 12.3 Å². The van der Waals surface area contributed by atoms with Gasteiger partial charge < -0.3 is 20.3 Å². The van der Waals surface area contributed by atoms with E-state index in [1.54, 1.807) is 13.3 Å². The summed E-state index contributed by atoms with van der Waals surface area (Å²) in [5.41, 5.74) is 0. The number of nitrogens with zero attached hydrogens (tertiary/aromatic N) is 3. The maximum Gasteiger partial charge on any atom is 0.224 e. The van der Waals surface area contributed by atoms with Gasteiger partial charge in [0.2, 0.25) is 5.95 Å². The Kier molecular flexibility index (Phi) is 7.05. The molecule has 6 nitrogen and oxygen atoms in total. The molecule has 0 aliphatic rings. The van der Waals surface area contributed by atoms with Crippen molar-refractivity contribution >= 4 is 11.8 Å². The van der Waals surface area contributed by atoms with Gasteiger partial charge in [-0.3, -0.25) is 0 Å². The van der Waals surface area contributed by atoms with Gasteiger partial charge in [-0.1, -0.05) is 0 Å². The highest BCUT2D eigenvalue weighted by Crippen LogP contribution is 2.05. The molecule has 0 radical (unpaired) electrons. The molecule has 2 N–H and O–H groups in total. The summed E-state index contributed by atoms with van der Waals surface area (Å²) in [6, 6.07) is 1.87. The number of aromatic nitrogens is 2. The standard InChI is InChI=1S/C12H23N5O/c1-17(2)9-8-15-12-14-7-5-11(16-12)13-6-4-10-18-3/h5,7H,4,6,8-10H2,1-3H3,(H2,13,14,15,16). The first-order valence-corrected chi connectivity index (χ1v) is 6.17. The van der Waals surface area contributed by atoms with E-state index in [1.165, 1.54) is 0 Å². The minimum Gasteiger partial charge on any atom is -0.385 e. The molecular weight excluding hydrogens is 230 g/mol. The lowest BCUT2D eigenvalue weighted by atomic mass is 10.4. The van der Waals surface area contributed by atoms with E-state index in [0.717, 1.165) is 38.5 Å². The molecule has 0 saturated heterocycles. The van der Waals surface area contributed by atoms with Crippen LogP contribution in [0.3, 0.4) is 0 Å². The first kappa shape index (κ1) is 14.7. The van der Waals surface area contributed by atoms with E-state index in [9.17, 15) is 0 Å². The van der Waals surface area contributed by atoms with Crippen LogP contribution in [-0.2, 0) is 4.74 Å². The Morgan fingerprint density at radius 2 is 2.11 bits per heavy atom. The molecule has 0 bridgehead atoms. The van der Waals surface area contributed by atoms with Gasteiger partial charge in [0.1, 0.15) is 5.82 Å². The summed E-state index contributed by atoms with van der Waals surface area (Å²) in [5, 5.41) is 6.43. The Labute approximate surface area is 109 Å². The highest BCUT2D eigenvalue weighted by Gasteiger charge is 1.98. The van der Waals surface area contributed by atoms with E-state index in [-0.39, 0.29) is 0 Å². The van der Waals surface area contributed by atoms with Crippen molar-refractivity contribution in [2.24, 2.45) is 0 Å². The Morgan fingerprint density at radius 3 is 2.83 bits per heavy atom. The topological polar surface area (TPSA) is 62.3 Å². The summed E-state index contributed by atoms with van der Waals surface area (Å²) in [7, 11) is 5.78. The molecule has 1 rings (SSSR count). The Hall–Kier alpha value is -1.40. The average molecular weight is 253 g/mol. The molecule has 0 aromatic carbocycles. The van der Waals surface area contributed by atoms with Crippen LogP contribution in [0, 0.1) is 0 Å². The number of anilines is 2. The molecule has 1 aromatic rings. The van der Waals surface area contributed by atoms with Crippen LogP contribution in [0.5, 0.6) is 0 Å². The Morgan fingerprint density at radius 1 is 1.28 bits per heavy atom. The minimum absolute atomic E-state index is 0.661. The Balaban J connectivity index is 2.32. The number of nitrogens with one attached hydrogen (secondary N) is 2. The van der Waals surface area contributed by atoms with Crippen molar-refractivity contribution in [3.8, 4) is 0 Å².